The molecule has 31 heavy (non-hydrogen) atoms. The number of amides is 2. The zero-order valence-corrected chi connectivity index (χ0v) is 16.2. The second kappa shape index (κ2) is 9.36. The third-order valence-electron chi connectivity index (χ3n) is 4.14. The highest BCUT2D eigenvalue weighted by atomic mass is 19.1. The summed E-state index contributed by atoms with van der Waals surface area (Å²) >= 11 is 0. The summed E-state index contributed by atoms with van der Waals surface area (Å²) in [6, 6.07) is 23.5. The number of para-hydroxylation sites is 2. The van der Waals surface area contributed by atoms with Gasteiger partial charge in [0.1, 0.15) is 23.7 Å². The molecule has 0 aliphatic rings. The first-order valence-corrected chi connectivity index (χ1v) is 9.40. The summed E-state index contributed by atoms with van der Waals surface area (Å²) in [6.45, 7) is 0. The number of rotatable bonds is 6. The van der Waals surface area contributed by atoms with E-state index in [9.17, 15) is 9.18 Å². The molecule has 4 aromatic rings. The molecule has 1 heterocycles. The van der Waals surface area contributed by atoms with Crippen molar-refractivity contribution in [2.45, 2.75) is 0 Å². The van der Waals surface area contributed by atoms with E-state index in [0.29, 0.717) is 28.6 Å². The number of benzene rings is 3. The van der Waals surface area contributed by atoms with Crippen LogP contribution in [0.5, 0.6) is 11.6 Å². The predicted octanol–water partition coefficient (Wildman–Crippen LogP) is 5.80. The molecule has 0 radical (unpaired) electrons. The molecule has 1 aromatic heterocycles. The second-order valence-corrected chi connectivity index (χ2v) is 6.42. The molecule has 0 saturated carbocycles. The summed E-state index contributed by atoms with van der Waals surface area (Å²) in [5.74, 6) is 0.815. The van der Waals surface area contributed by atoms with Crippen LogP contribution in [-0.2, 0) is 0 Å². The smallest absolute Gasteiger partial charge is 0.323 e. The van der Waals surface area contributed by atoms with E-state index in [0.717, 1.165) is 0 Å². The van der Waals surface area contributed by atoms with E-state index in [1.807, 2.05) is 18.2 Å². The van der Waals surface area contributed by atoms with Gasteiger partial charge in [0.15, 0.2) is 0 Å². The van der Waals surface area contributed by atoms with Crippen LogP contribution in [0.2, 0.25) is 0 Å². The molecule has 0 aliphatic carbocycles. The maximum Gasteiger partial charge on any atom is 0.323 e. The van der Waals surface area contributed by atoms with Gasteiger partial charge >= 0.3 is 6.03 Å². The SMILES string of the molecule is O=C(Nc1ccccc1)Nc1ccc(Oc2cc(Nc3ccccc3F)ncn2)cc1. The highest BCUT2D eigenvalue weighted by Gasteiger charge is 2.06. The van der Waals surface area contributed by atoms with Gasteiger partial charge in [-0.25, -0.2) is 19.2 Å². The van der Waals surface area contributed by atoms with Crippen LogP contribution in [0.1, 0.15) is 0 Å². The quantitative estimate of drug-likeness (QED) is 0.371. The summed E-state index contributed by atoms with van der Waals surface area (Å²) in [4.78, 5) is 20.2. The fraction of sp³-hybridized carbons (Fsp3) is 0. The molecule has 0 unspecified atom stereocenters. The van der Waals surface area contributed by atoms with Gasteiger partial charge in [-0.05, 0) is 48.5 Å². The standard InChI is InChI=1S/C23H18FN5O2/c24-19-8-4-5-9-20(19)29-21-14-22(26-15-25-21)31-18-12-10-17(11-13-18)28-23(30)27-16-6-2-1-3-7-16/h1-15H,(H,25,26,29)(H2,27,28,30). The van der Waals surface area contributed by atoms with Crippen LogP contribution in [0, 0.1) is 5.82 Å². The zero-order valence-electron chi connectivity index (χ0n) is 16.2. The molecule has 0 saturated heterocycles. The monoisotopic (exact) mass is 415 g/mol. The molecule has 4 rings (SSSR count). The molecule has 0 spiro atoms. The first-order chi connectivity index (χ1) is 15.2. The van der Waals surface area contributed by atoms with Gasteiger partial charge in [-0.3, -0.25) is 0 Å². The summed E-state index contributed by atoms with van der Waals surface area (Å²) in [5, 5.41) is 8.38. The van der Waals surface area contributed by atoms with Crippen molar-refractivity contribution in [3.63, 3.8) is 0 Å². The Morgan fingerprint density at radius 1 is 0.806 bits per heavy atom. The Morgan fingerprint density at radius 3 is 2.23 bits per heavy atom. The molecule has 0 bridgehead atoms. The Bertz CT molecular complexity index is 1170. The average Bonchev–Trinajstić information content (AvgIpc) is 2.78. The number of nitrogens with one attached hydrogen (secondary N) is 3. The Morgan fingerprint density at radius 2 is 1.48 bits per heavy atom. The third-order valence-corrected chi connectivity index (χ3v) is 4.14. The van der Waals surface area contributed by atoms with Crippen LogP contribution < -0.4 is 20.7 Å². The molecule has 7 nitrogen and oxygen atoms in total. The van der Waals surface area contributed by atoms with Gasteiger partial charge in [0.2, 0.25) is 5.88 Å². The molecule has 8 heteroatoms. The Hall–Kier alpha value is -4.46. The summed E-state index contributed by atoms with van der Waals surface area (Å²) in [5.41, 5.74) is 1.60. The number of carbonyl (C=O) groups is 1. The molecular weight excluding hydrogens is 397 g/mol. The number of ether oxygens (including phenoxy) is 1. The van der Waals surface area contributed by atoms with Crippen LogP contribution >= 0.6 is 0 Å². The molecule has 0 fully saturated rings. The van der Waals surface area contributed by atoms with Gasteiger partial charge in [-0.2, -0.15) is 0 Å². The average molecular weight is 415 g/mol. The highest BCUT2D eigenvalue weighted by Crippen LogP contribution is 2.24. The van der Waals surface area contributed by atoms with Crippen LogP contribution in [0.15, 0.2) is 91.3 Å². The lowest BCUT2D eigenvalue weighted by atomic mass is 10.3. The molecule has 2 amide bonds. The van der Waals surface area contributed by atoms with Crippen LogP contribution in [0.4, 0.5) is 32.1 Å². The Kier molecular flexibility index (Phi) is 5.99. The third kappa shape index (κ3) is 5.54. The summed E-state index contributed by atoms with van der Waals surface area (Å²) in [6.07, 6.45) is 1.32. The van der Waals surface area contributed by atoms with Gasteiger partial charge in [-0.1, -0.05) is 30.3 Å². The molecule has 3 aromatic carbocycles. The topological polar surface area (TPSA) is 88.2 Å². The number of halogens is 1. The number of carbonyl (C=O) groups excluding carboxylic acids is 1. The van der Waals surface area contributed by atoms with Gasteiger partial charge in [-0.15, -0.1) is 0 Å². The first kappa shape index (κ1) is 19.8. The number of urea groups is 1. The van der Waals surface area contributed by atoms with Crippen molar-refractivity contribution < 1.29 is 13.9 Å². The van der Waals surface area contributed by atoms with Crippen molar-refractivity contribution in [3.05, 3.63) is 97.1 Å². The number of nitrogens with zero attached hydrogens (tertiary/aromatic N) is 2. The maximum absolute atomic E-state index is 13.8. The minimum absolute atomic E-state index is 0.288. The Balaban J connectivity index is 1.36. The largest absolute Gasteiger partial charge is 0.439 e. The molecule has 154 valence electrons. The van der Waals surface area contributed by atoms with E-state index in [2.05, 4.69) is 25.9 Å². The molecular formula is C23H18FN5O2. The van der Waals surface area contributed by atoms with Crippen molar-refractivity contribution in [1.29, 1.82) is 0 Å². The van der Waals surface area contributed by atoms with E-state index in [4.69, 9.17) is 4.74 Å². The van der Waals surface area contributed by atoms with E-state index < -0.39 is 0 Å². The Labute approximate surface area is 177 Å². The van der Waals surface area contributed by atoms with E-state index >= 15 is 0 Å². The number of anilines is 4. The highest BCUT2D eigenvalue weighted by molar-refractivity contribution is 5.99. The van der Waals surface area contributed by atoms with E-state index in [-0.39, 0.29) is 17.7 Å². The lowest BCUT2D eigenvalue weighted by Crippen LogP contribution is -2.19. The summed E-state index contributed by atoms with van der Waals surface area (Å²) < 4.78 is 19.5. The van der Waals surface area contributed by atoms with Gasteiger partial charge in [0.25, 0.3) is 0 Å². The first-order valence-electron chi connectivity index (χ1n) is 9.40. The molecule has 0 atom stereocenters. The van der Waals surface area contributed by atoms with E-state index in [1.54, 1.807) is 60.7 Å². The number of hydrogen-bond acceptors (Lipinski definition) is 5. The zero-order chi connectivity index (χ0) is 21.5. The van der Waals surface area contributed by atoms with E-state index in [1.165, 1.54) is 12.4 Å². The van der Waals surface area contributed by atoms with Crippen molar-refractivity contribution in [2.75, 3.05) is 16.0 Å². The fourth-order valence-electron chi connectivity index (χ4n) is 2.71. The van der Waals surface area contributed by atoms with Crippen LogP contribution in [-0.4, -0.2) is 16.0 Å². The normalized spacial score (nSPS) is 10.2. The fourth-order valence-corrected chi connectivity index (χ4v) is 2.71. The lowest BCUT2D eigenvalue weighted by molar-refractivity contribution is 0.262. The minimum Gasteiger partial charge on any atom is -0.439 e. The second-order valence-electron chi connectivity index (χ2n) is 6.42. The summed E-state index contributed by atoms with van der Waals surface area (Å²) in [7, 11) is 0. The predicted molar refractivity (Wildman–Crippen MR) is 117 cm³/mol. The van der Waals surface area contributed by atoms with Gasteiger partial charge in [0, 0.05) is 17.4 Å². The minimum atomic E-state index is -0.386. The van der Waals surface area contributed by atoms with Gasteiger partial charge < -0.3 is 20.7 Å². The van der Waals surface area contributed by atoms with Crippen molar-refractivity contribution in [1.82, 2.24) is 9.97 Å². The van der Waals surface area contributed by atoms with Crippen molar-refractivity contribution >= 4 is 28.9 Å². The van der Waals surface area contributed by atoms with Crippen molar-refractivity contribution in [3.8, 4) is 11.6 Å². The van der Waals surface area contributed by atoms with Crippen molar-refractivity contribution in [2.24, 2.45) is 0 Å². The molecule has 0 aliphatic heterocycles. The number of aromatic nitrogens is 2. The maximum atomic E-state index is 13.8. The molecule has 3 N–H and O–H groups in total. The lowest BCUT2D eigenvalue weighted by Gasteiger charge is -2.10. The van der Waals surface area contributed by atoms with Gasteiger partial charge in [0.05, 0.1) is 5.69 Å². The number of hydrogen-bond donors (Lipinski definition) is 3. The van der Waals surface area contributed by atoms with Crippen LogP contribution in [0.3, 0.4) is 0 Å². The van der Waals surface area contributed by atoms with Crippen LogP contribution in [0.25, 0.3) is 0 Å².